The van der Waals surface area contributed by atoms with E-state index < -0.39 is 12.0 Å². The molecular formula is C32H33N3O4S. The van der Waals surface area contributed by atoms with Crippen molar-refractivity contribution in [2.24, 2.45) is 4.99 Å². The van der Waals surface area contributed by atoms with Crippen molar-refractivity contribution >= 4 is 29.1 Å². The van der Waals surface area contributed by atoms with Crippen LogP contribution in [-0.4, -0.2) is 31.2 Å². The number of carbonyl (C=O) groups excluding carboxylic acids is 1. The zero-order chi connectivity index (χ0) is 28.7. The highest BCUT2D eigenvalue weighted by atomic mass is 32.1. The SMILES string of the molecule is CCOC(=O)C1=C(C)N=c2sc(=Cc3ccc(-c4cc(C)c(C)c(C)c4)o3)c(=O)n2C1c1ccc(N(C)C)cc1. The van der Waals surface area contributed by atoms with Crippen LogP contribution in [0.2, 0.25) is 0 Å². The van der Waals surface area contributed by atoms with Crippen molar-refractivity contribution in [2.75, 3.05) is 25.6 Å². The molecule has 7 nitrogen and oxygen atoms in total. The summed E-state index contributed by atoms with van der Waals surface area (Å²) in [6.45, 7) is 10.1. The van der Waals surface area contributed by atoms with Gasteiger partial charge in [0.15, 0.2) is 4.80 Å². The molecule has 1 aliphatic rings. The van der Waals surface area contributed by atoms with Crippen molar-refractivity contribution in [3.8, 4) is 11.3 Å². The molecule has 0 spiro atoms. The van der Waals surface area contributed by atoms with E-state index in [1.165, 1.54) is 28.0 Å². The molecule has 0 N–H and O–H groups in total. The van der Waals surface area contributed by atoms with Crippen molar-refractivity contribution < 1.29 is 13.9 Å². The molecule has 1 unspecified atom stereocenters. The standard InChI is InChI=1S/C32H33N3O4S/c1-8-38-31(37)28-21(5)33-32-35(29(28)22-9-11-24(12-10-22)34(6)7)30(36)27(40-32)17-25-13-14-26(39-25)23-15-18(2)20(4)19(3)16-23/h9-17,29H,8H2,1-7H3. The number of fused-ring (bicyclic) bond motifs is 1. The second-order valence-electron chi connectivity index (χ2n) is 10.2. The van der Waals surface area contributed by atoms with E-state index in [0.29, 0.717) is 26.4 Å². The van der Waals surface area contributed by atoms with E-state index in [1.54, 1.807) is 24.5 Å². The lowest BCUT2D eigenvalue weighted by atomic mass is 9.95. The van der Waals surface area contributed by atoms with Crippen LogP contribution >= 0.6 is 11.3 Å². The highest BCUT2D eigenvalue weighted by Crippen LogP contribution is 2.32. The number of anilines is 1. The molecule has 0 radical (unpaired) electrons. The summed E-state index contributed by atoms with van der Waals surface area (Å²) in [7, 11) is 3.93. The van der Waals surface area contributed by atoms with E-state index in [-0.39, 0.29) is 12.2 Å². The molecule has 1 aliphatic heterocycles. The van der Waals surface area contributed by atoms with E-state index >= 15 is 0 Å². The number of aryl methyl sites for hydroxylation is 2. The molecule has 40 heavy (non-hydrogen) atoms. The highest BCUT2D eigenvalue weighted by molar-refractivity contribution is 7.07. The Hall–Kier alpha value is -4.17. The molecule has 8 heteroatoms. The van der Waals surface area contributed by atoms with Crippen molar-refractivity contribution in [3.05, 3.63) is 108 Å². The first-order chi connectivity index (χ1) is 19.1. The Balaban J connectivity index is 1.62. The van der Waals surface area contributed by atoms with Gasteiger partial charge in [0, 0.05) is 31.4 Å². The molecule has 2 aromatic heterocycles. The van der Waals surface area contributed by atoms with Crippen LogP contribution in [0.5, 0.6) is 0 Å². The predicted octanol–water partition coefficient (Wildman–Crippen LogP) is 5.05. The largest absolute Gasteiger partial charge is 0.463 e. The Morgan fingerprint density at radius 3 is 2.38 bits per heavy atom. The second kappa shape index (κ2) is 10.8. The van der Waals surface area contributed by atoms with Crippen LogP contribution in [0.25, 0.3) is 17.4 Å². The predicted molar refractivity (Wildman–Crippen MR) is 160 cm³/mol. The fourth-order valence-electron chi connectivity index (χ4n) is 4.95. The fourth-order valence-corrected chi connectivity index (χ4v) is 5.98. The number of esters is 1. The number of benzene rings is 2. The monoisotopic (exact) mass is 555 g/mol. The molecule has 0 aliphatic carbocycles. The van der Waals surface area contributed by atoms with Gasteiger partial charge >= 0.3 is 5.97 Å². The normalized spacial score (nSPS) is 15.2. The maximum atomic E-state index is 13.9. The number of nitrogens with zero attached hydrogens (tertiary/aromatic N) is 3. The summed E-state index contributed by atoms with van der Waals surface area (Å²) in [5.74, 6) is 0.841. The van der Waals surface area contributed by atoms with Gasteiger partial charge in [0.25, 0.3) is 5.56 Å². The summed E-state index contributed by atoms with van der Waals surface area (Å²) in [4.78, 5) is 34.2. The van der Waals surface area contributed by atoms with Crippen LogP contribution in [0.3, 0.4) is 0 Å². The van der Waals surface area contributed by atoms with Crippen molar-refractivity contribution in [1.29, 1.82) is 0 Å². The average Bonchev–Trinajstić information content (AvgIpc) is 3.50. The second-order valence-corrected chi connectivity index (χ2v) is 11.2. The first-order valence-corrected chi connectivity index (χ1v) is 14.1. The molecular weight excluding hydrogens is 522 g/mol. The molecule has 4 aromatic rings. The third-order valence-electron chi connectivity index (χ3n) is 7.35. The van der Waals surface area contributed by atoms with Gasteiger partial charge in [-0.05, 0) is 93.3 Å². The summed E-state index contributed by atoms with van der Waals surface area (Å²) in [5.41, 5.74) is 7.16. The molecule has 0 bridgehead atoms. The summed E-state index contributed by atoms with van der Waals surface area (Å²) >= 11 is 1.28. The van der Waals surface area contributed by atoms with Crippen LogP contribution in [-0.2, 0) is 9.53 Å². The topological polar surface area (TPSA) is 77.0 Å². The minimum atomic E-state index is -0.653. The highest BCUT2D eigenvalue weighted by Gasteiger charge is 2.33. The maximum Gasteiger partial charge on any atom is 0.338 e. The zero-order valence-corrected chi connectivity index (χ0v) is 24.7. The smallest absolute Gasteiger partial charge is 0.338 e. The van der Waals surface area contributed by atoms with Gasteiger partial charge in [-0.25, -0.2) is 9.79 Å². The number of hydrogen-bond acceptors (Lipinski definition) is 7. The Labute approximate surface area is 237 Å². The number of aromatic nitrogens is 1. The third kappa shape index (κ3) is 4.95. The number of carbonyl (C=O) groups is 1. The van der Waals surface area contributed by atoms with Crippen LogP contribution in [0.15, 0.2) is 74.0 Å². The quantitative estimate of drug-likeness (QED) is 0.311. The Morgan fingerprint density at radius 1 is 1.07 bits per heavy atom. The van der Waals surface area contributed by atoms with Gasteiger partial charge < -0.3 is 14.1 Å². The average molecular weight is 556 g/mol. The van der Waals surface area contributed by atoms with Gasteiger partial charge in [0.2, 0.25) is 0 Å². The maximum absolute atomic E-state index is 13.9. The molecule has 206 valence electrons. The lowest BCUT2D eigenvalue weighted by molar-refractivity contribution is -0.139. The number of thiazole rings is 1. The summed E-state index contributed by atoms with van der Waals surface area (Å²) in [6, 6.07) is 15.2. The van der Waals surface area contributed by atoms with Gasteiger partial charge in [-0.2, -0.15) is 0 Å². The zero-order valence-electron chi connectivity index (χ0n) is 23.9. The Kier molecular flexibility index (Phi) is 7.38. The van der Waals surface area contributed by atoms with E-state index in [9.17, 15) is 9.59 Å². The van der Waals surface area contributed by atoms with E-state index in [1.807, 2.05) is 55.4 Å². The van der Waals surface area contributed by atoms with Gasteiger partial charge in [-0.3, -0.25) is 9.36 Å². The van der Waals surface area contributed by atoms with Gasteiger partial charge in [-0.1, -0.05) is 23.5 Å². The van der Waals surface area contributed by atoms with Crippen molar-refractivity contribution in [2.45, 2.75) is 40.7 Å². The van der Waals surface area contributed by atoms with Gasteiger partial charge in [0.05, 0.1) is 28.5 Å². The number of allylic oxidation sites excluding steroid dienone is 1. The molecule has 1 atom stereocenters. The minimum absolute atomic E-state index is 0.229. The van der Waals surface area contributed by atoms with Crippen LogP contribution in [0, 0.1) is 20.8 Å². The first kappa shape index (κ1) is 27.4. The van der Waals surface area contributed by atoms with E-state index in [2.05, 4.69) is 37.9 Å². The lowest BCUT2D eigenvalue weighted by Gasteiger charge is -2.25. The number of ether oxygens (including phenoxy) is 1. The number of hydrogen-bond donors (Lipinski definition) is 0. The first-order valence-electron chi connectivity index (χ1n) is 13.2. The summed E-state index contributed by atoms with van der Waals surface area (Å²) in [6.07, 6.45) is 1.75. The molecule has 0 saturated heterocycles. The molecule has 0 amide bonds. The van der Waals surface area contributed by atoms with Crippen molar-refractivity contribution in [1.82, 2.24) is 4.57 Å². The van der Waals surface area contributed by atoms with Crippen LogP contribution in [0.4, 0.5) is 5.69 Å². The number of rotatable bonds is 6. The third-order valence-corrected chi connectivity index (χ3v) is 8.34. The van der Waals surface area contributed by atoms with Gasteiger partial charge in [0.1, 0.15) is 11.5 Å². The van der Waals surface area contributed by atoms with Crippen LogP contribution in [0.1, 0.15) is 47.9 Å². The van der Waals surface area contributed by atoms with E-state index in [0.717, 1.165) is 22.6 Å². The summed E-state index contributed by atoms with van der Waals surface area (Å²) < 4.78 is 13.6. The molecule has 0 fully saturated rings. The minimum Gasteiger partial charge on any atom is -0.463 e. The molecule has 0 saturated carbocycles. The van der Waals surface area contributed by atoms with Crippen LogP contribution < -0.4 is 19.8 Å². The molecule has 5 rings (SSSR count). The van der Waals surface area contributed by atoms with Crippen molar-refractivity contribution in [3.63, 3.8) is 0 Å². The Bertz CT molecular complexity index is 1800. The summed E-state index contributed by atoms with van der Waals surface area (Å²) in [5, 5.41) is 0. The molecule has 3 heterocycles. The lowest BCUT2D eigenvalue weighted by Crippen LogP contribution is -2.39. The number of furan rings is 1. The van der Waals surface area contributed by atoms with Gasteiger partial charge in [-0.15, -0.1) is 0 Å². The molecule has 2 aromatic carbocycles. The Morgan fingerprint density at radius 2 is 1.75 bits per heavy atom. The fraction of sp³-hybridized carbons (Fsp3) is 0.281. The van der Waals surface area contributed by atoms with E-state index in [4.69, 9.17) is 9.15 Å².